The van der Waals surface area contributed by atoms with Crippen molar-refractivity contribution in [2.45, 2.75) is 11.8 Å². The van der Waals surface area contributed by atoms with Gasteiger partial charge in [-0.05, 0) is 48.5 Å². The van der Waals surface area contributed by atoms with E-state index in [4.69, 9.17) is 0 Å². The van der Waals surface area contributed by atoms with E-state index in [1.165, 1.54) is 24.3 Å². The SMILES string of the molecule is CC(=O)NS(=O)(=O)c1ccc(NC(=O)C(=O)/C=C(\O)c2ccc(F)cc2)cc1. The quantitative estimate of drug-likeness (QED) is 0.381. The maximum absolute atomic E-state index is 12.9. The van der Waals surface area contributed by atoms with Crippen LogP contribution in [0.3, 0.4) is 0 Å². The molecule has 10 heteroatoms. The standard InChI is InChI=1S/C18H15FN2O6S/c1-11(22)21-28(26,27)15-8-6-14(7-9-15)20-18(25)17(24)10-16(23)12-2-4-13(19)5-3-12/h2-10,23H,1H3,(H,20,25)(H,21,22)/b16-10-. The van der Waals surface area contributed by atoms with E-state index in [2.05, 4.69) is 5.32 Å². The lowest BCUT2D eigenvalue weighted by atomic mass is 10.1. The van der Waals surface area contributed by atoms with Crippen molar-refractivity contribution in [2.75, 3.05) is 5.32 Å². The van der Waals surface area contributed by atoms with Crippen LogP contribution in [0.2, 0.25) is 0 Å². The number of aliphatic hydroxyl groups is 1. The fourth-order valence-electron chi connectivity index (χ4n) is 2.05. The topological polar surface area (TPSA) is 130 Å². The summed E-state index contributed by atoms with van der Waals surface area (Å²) < 4.78 is 38.3. The van der Waals surface area contributed by atoms with E-state index in [0.29, 0.717) is 6.08 Å². The minimum Gasteiger partial charge on any atom is -0.507 e. The Hall–Kier alpha value is -3.53. The van der Waals surface area contributed by atoms with Gasteiger partial charge in [0, 0.05) is 24.3 Å². The second-order valence-electron chi connectivity index (χ2n) is 5.54. The highest BCUT2D eigenvalue weighted by Crippen LogP contribution is 2.15. The van der Waals surface area contributed by atoms with Crippen LogP contribution in [0.1, 0.15) is 12.5 Å². The number of sulfonamides is 1. The predicted octanol–water partition coefficient (Wildman–Crippen LogP) is 1.76. The molecule has 2 aromatic rings. The zero-order valence-corrected chi connectivity index (χ0v) is 15.3. The van der Waals surface area contributed by atoms with Gasteiger partial charge in [-0.25, -0.2) is 17.5 Å². The predicted molar refractivity (Wildman–Crippen MR) is 98.1 cm³/mol. The van der Waals surface area contributed by atoms with Gasteiger partial charge in [0.25, 0.3) is 15.9 Å². The second kappa shape index (κ2) is 8.44. The Labute approximate surface area is 159 Å². The number of nitrogens with one attached hydrogen (secondary N) is 2. The molecule has 0 radical (unpaired) electrons. The molecule has 2 rings (SSSR count). The Morgan fingerprint density at radius 1 is 1.00 bits per heavy atom. The van der Waals surface area contributed by atoms with Crippen molar-refractivity contribution in [3.05, 3.63) is 66.0 Å². The largest absolute Gasteiger partial charge is 0.507 e. The van der Waals surface area contributed by atoms with E-state index >= 15 is 0 Å². The fourth-order valence-corrected chi connectivity index (χ4v) is 3.04. The number of amides is 2. The van der Waals surface area contributed by atoms with Gasteiger partial charge >= 0.3 is 0 Å². The normalized spacial score (nSPS) is 11.6. The monoisotopic (exact) mass is 406 g/mol. The molecule has 0 saturated carbocycles. The molecule has 0 heterocycles. The number of hydrogen-bond acceptors (Lipinski definition) is 6. The highest BCUT2D eigenvalue weighted by Gasteiger charge is 2.17. The molecule has 3 N–H and O–H groups in total. The highest BCUT2D eigenvalue weighted by molar-refractivity contribution is 7.90. The molecule has 28 heavy (non-hydrogen) atoms. The van der Waals surface area contributed by atoms with Crippen molar-refractivity contribution in [1.82, 2.24) is 4.72 Å². The first-order valence-electron chi connectivity index (χ1n) is 7.74. The summed E-state index contributed by atoms with van der Waals surface area (Å²) in [4.78, 5) is 34.5. The lowest BCUT2D eigenvalue weighted by Crippen LogP contribution is -2.28. The third kappa shape index (κ3) is 5.48. The number of anilines is 1. The van der Waals surface area contributed by atoms with E-state index in [9.17, 15) is 32.3 Å². The summed E-state index contributed by atoms with van der Waals surface area (Å²) in [6.45, 7) is 1.05. The first-order valence-corrected chi connectivity index (χ1v) is 9.22. The van der Waals surface area contributed by atoms with Gasteiger partial charge in [-0.1, -0.05) is 0 Å². The van der Waals surface area contributed by atoms with Crippen LogP contribution in [0.5, 0.6) is 0 Å². The van der Waals surface area contributed by atoms with Crippen LogP contribution in [0.4, 0.5) is 10.1 Å². The van der Waals surface area contributed by atoms with Crippen molar-refractivity contribution in [3.63, 3.8) is 0 Å². The number of carbonyl (C=O) groups excluding carboxylic acids is 3. The van der Waals surface area contributed by atoms with Gasteiger partial charge in [0.05, 0.1) is 4.90 Å². The summed E-state index contributed by atoms with van der Waals surface area (Å²) in [5.41, 5.74) is 0.268. The zero-order chi connectivity index (χ0) is 20.9. The Bertz CT molecular complexity index is 1040. The lowest BCUT2D eigenvalue weighted by Gasteiger charge is -2.07. The number of carbonyl (C=O) groups is 3. The third-order valence-electron chi connectivity index (χ3n) is 3.33. The highest BCUT2D eigenvalue weighted by atomic mass is 32.2. The van der Waals surface area contributed by atoms with Gasteiger partial charge in [0.2, 0.25) is 11.7 Å². The van der Waals surface area contributed by atoms with Crippen LogP contribution in [-0.2, 0) is 24.4 Å². The van der Waals surface area contributed by atoms with E-state index in [0.717, 1.165) is 31.2 Å². The van der Waals surface area contributed by atoms with Gasteiger partial charge in [0.1, 0.15) is 11.6 Å². The van der Waals surface area contributed by atoms with Crippen molar-refractivity contribution in [1.29, 1.82) is 0 Å². The smallest absolute Gasteiger partial charge is 0.296 e. The summed E-state index contributed by atoms with van der Waals surface area (Å²) in [6, 6.07) is 9.36. The summed E-state index contributed by atoms with van der Waals surface area (Å²) >= 11 is 0. The van der Waals surface area contributed by atoms with Crippen LogP contribution >= 0.6 is 0 Å². The number of benzene rings is 2. The van der Waals surface area contributed by atoms with Crippen LogP contribution in [-0.4, -0.2) is 31.1 Å². The Morgan fingerprint density at radius 3 is 2.11 bits per heavy atom. The van der Waals surface area contributed by atoms with E-state index < -0.39 is 39.2 Å². The second-order valence-corrected chi connectivity index (χ2v) is 7.22. The Balaban J connectivity index is 2.08. The van der Waals surface area contributed by atoms with Gasteiger partial charge in [-0.2, -0.15) is 0 Å². The molecule has 0 aliphatic heterocycles. The van der Waals surface area contributed by atoms with Crippen molar-refractivity contribution in [2.24, 2.45) is 0 Å². The molecule has 0 aliphatic rings. The maximum atomic E-state index is 12.9. The van der Waals surface area contributed by atoms with E-state index in [-0.39, 0.29) is 16.1 Å². The molecule has 0 bridgehead atoms. The molecule has 8 nitrogen and oxygen atoms in total. The minimum atomic E-state index is -4.02. The Kier molecular flexibility index (Phi) is 6.26. The summed E-state index contributed by atoms with van der Waals surface area (Å²) in [6.07, 6.45) is 0.679. The van der Waals surface area contributed by atoms with E-state index in [1.807, 2.05) is 0 Å². The van der Waals surface area contributed by atoms with Crippen LogP contribution in [0.25, 0.3) is 5.76 Å². The van der Waals surface area contributed by atoms with E-state index in [1.54, 1.807) is 4.72 Å². The number of ketones is 1. The number of rotatable bonds is 6. The molecule has 2 amide bonds. The summed E-state index contributed by atoms with van der Waals surface area (Å²) in [7, 11) is -4.02. The molecular weight excluding hydrogens is 391 g/mol. The third-order valence-corrected chi connectivity index (χ3v) is 4.78. The minimum absolute atomic E-state index is 0.120. The fraction of sp³-hybridized carbons (Fsp3) is 0.0556. The molecule has 0 aliphatic carbocycles. The summed E-state index contributed by atoms with van der Waals surface area (Å²) in [5, 5.41) is 12.1. The molecule has 0 saturated heterocycles. The average Bonchev–Trinajstić information content (AvgIpc) is 2.61. The Morgan fingerprint density at radius 2 is 1.57 bits per heavy atom. The van der Waals surface area contributed by atoms with Crippen molar-refractivity contribution in [3.8, 4) is 0 Å². The van der Waals surface area contributed by atoms with Crippen molar-refractivity contribution < 1.29 is 32.3 Å². The molecular formula is C18H15FN2O6S. The molecule has 2 aromatic carbocycles. The lowest BCUT2D eigenvalue weighted by molar-refractivity contribution is -0.131. The van der Waals surface area contributed by atoms with Gasteiger partial charge in [-0.3, -0.25) is 14.4 Å². The molecule has 0 fully saturated rings. The molecule has 0 aromatic heterocycles. The molecule has 0 spiro atoms. The molecule has 0 unspecified atom stereocenters. The molecule has 146 valence electrons. The number of hydrogen-bond donors (Lipinski definition) is 3. The van der Waals surface area contributed by atoms with Gasteiger partial charge < -0.3 is 10.4 Å². The van der Waals surface area contributed by atoms with Crippen LogP contribution in [0.15, 0.2) is 59.5 Å². The summed E-state index contributed by atoms with van der Waals surface area (Å²) in [5.74, 6) is -3.94. The van der Waals surface area contributed by atoms with Crippen LogP contribution in [0, 0.1) is 5.82 Å². The van der Waals surface area contributed by atoms with Gasteiger partial charge in [0.15, 0.2) is 0 Å². The van der Waals surface area contributed by atoms with Crippen LogP contribution < -0.4 is 10.0 Å². The number of halogens is 1. The average molecular weight is 406 g/mol. The molecule has 0 atom stereocenters. The first kappa shape index (κ1) is 20.8. The van der Waals surface area contributed by atoms with Gasteiger partial charge in [-0.15, -0.1) is 0 Å². The zero-order valence-electron chi connectivity index (χ0n) is 14.5. The maximum Gasteiger partial charge on any atom is 0.296 e. The number of aliphatic hydroxyl groups excluding tert-OH is 1. The first-order chi connectivity index (χ1) is 13.1. The van der Waals surface area contributed by atoms with Crippen molar-refractivity contribution >= 4 is 39.1 Å².